The van der Waals surface area contributed by atoms with Crippen molar-refractivity contribution < 1.29 is 19.3 Å². The lowest BCUT2D eigenvalue weighted by Gasteiger charge is -2.13. The minimum Gasteiger partial charge on any atom is -0.326 e. The number of carbonyl (C=O) groups is 3. The lowest BCUT2D eigenvalue weighted by molar-refractivity contribution is -0.385. The van der Waals surface area contributed by atoms with Gasteiger partial charge in [0.05, 0.1) is 21.2 Å². The fourth-order valence-electron chi connectivity index (χ4n) is 3.85. The molecule has 1 aliphatic rings. The van der Waals surface area contributed by atoms with Crippen LogP contribution in [0.2, 0.25) is 0 Å². The van der Waals surface area contributed by atoms with Crippen molar-refractivity contribution >= 4 is 40.4 Å². The molecule has 1 aromatic heterocycles. The van der Waals surface area contributed by atoms with Crippen molar-refractivity contribution in [1.82, 2.24) is 9.88 Å². The molecule has 0 unspecified atom stereocenters. The zero-order chi connectivity index (χ0) is 24.2. The van der Waals surface area contributed by atoms with E-state index >= 15 is 0 Å². The topological polar surface area (TPSA) is 123 Å². The number of anilines is 1. The second-order valence-corrected chi connectivity index (χ2v) is 8.97. The summed E-state index contributed by atoms with van der Waals surface area (Å²) < 4.78 is 0. The molecule has 0 aliphatic carbocycles. The fourth-order valence-corrected chi connectivity index (χ4v) is 4.47. The molecule has 9 nitrogen and oxygen atoms in total. The third kappa shape index (κ3) is 4.86. The van der Waals surface area contributed by atoms with E-state index in [4.69, 9.17) is 0 Å². The number of imide groups is 1. The molecule has 34 heavy (non-hydrogen) atoms. The van der Waals surface area contributed by atoms with Crippen molar-refractivity contribution in [1.29, 1.82) is 0 Å². The van der Waals surface area contributed by atoms with Gasteiger partial charge >= 0.3 is 0 Å². The number of hydrogen-bond donors (Lipinski definition) is 1. The quantitative estimate of drug-likeness (QED) is 0.204. The summed E-state index contributed by atoms with van der Waals surface area (Å²) in [6, 6.07) is 11.6. The Labute approximate surface area is 199 Å². The number of amides is 3. The van der Waals surface area contributed by atoms with Crippen LogP contribution in [0.25, 0.3) is 11.3 Å². The predicted octanol–water partition coefficient (Wildman–Crippen LogP) is 4.82. The Hall–Kier alpha value is -3.92. The zero-order valence-corrected chi connectivity index (χ0v) is 19.3. The SMILES string of the molecule is Cc1nc(-c2ccc(NC(=O)CCCCCN3C(=O)c4cccc([N+](=O)[O-])c4C3=O)cc2)cs1. The van der Waals surface area contributed by atoms with Gasteiger partial charge in [0.2, 0.25) is 5.91 Å². The van der Waals surface area contributed by atoms with Crippen LogP contribution in [0.3, 0.4) is 0 Å². The number of nitrogens with zero attached hydrogens (tertiary/aromatic N) is 3. The number of unbranched alkanes of at least 4 members (excludes halogenated alkanes) is 2. The highest BCUT2D eigenvalue weighted by Crippen LogP contribution is 2.31. The maximum absolute atomic E-state index is 12.6. The third-order valence-corrected chi connectivity index (χ3v) is 6.32. The minimum absolute atomic E-state index is 0.0644. The molecule has 2 aromatic carbocycles. The van der Waals surface area contributed by atoms with Crippen molar-refractivity contribution in [3.63, 3.8) is 0 Å². The third-order valence-electron chi connectivity index (χ3n) is 5.54. The average Bonchev–Trinajstić information content (AvgIpc) is 3.36. The highest BCUT2D eigenvalue weighted by atomic mass is 32.1. The summed E-state index contributed by atoms with van der Waals surface area (Å²) >= 11 is 1.59. The summed E-state index contributed by atoms with van der Waals surface area (Å²) in [4.78, 5) is 53.3. The highest BCUT2D eigenvalue weighted by molar-refractivity contribution is 7.09. The molecule has 0 spiro atoms. The molecule has 1 N–H and O–H groups in total. The second kappa shape index (κ2) is 9.92. The van der Waals surface area contributed by atoms with E-state index in [9.17, 15) is 24.5 Å². The van der Waals surface area contributed by atoms with E-state index in [1.807, 2.05) is 36.6 Å². The van der Waals surface area contributed by atoms with Crippen LogP contribution in [0.5, 0.6) is 0 Å². The number of aryl methyl sites for hydroxylation is 1. The number of nitrogens with one attached hydrogen (secondary N) is 1. The first-order valence-corrected chi connectivity index (χ1v) is 11.7. The molecule has 4 rings (SSSR count). The van der Waals surface area contributed by atoms with Gasteiger partial charge in [-0.1, -0.05) is 24.6 Å². The molecule has 0 saturated heterocycles. The van der Waals surface area contributed by atoms with Crippen molar-refractivity contribution in [2.45, 2.75) is 32.6 Å². The molecule has 0 saturated carbocycles. The summed E-state index contributed by atoms with van der Waals surface area (Å²) in [5.41, 5.74) is 2.16. The average molecular weight is 479 g/mol. The van der Waals surface area contributed by atoms with Crippen molar-refractivity contribution in [2.75, 3.05) is 11.9 Å². The van der Waals surface area contributed by atoms with Crippen LogP contribution in [0.15, 0.2) is 47.8 Å². The van der Waals surface area contributed by atoms with Crippen molar-refractivity contribution in [3.05, 3.63) is 74.1 Å². The van der Waals surface area contributed by atoms with Gasteiger partial charge in [-0.15, -0.1) is 11.3 Å². The van der Waals surface area contributed by atoms with Crippen LogP contribution >= 0.6 is 11.3 Å². The summed E-state index contributed by atoms with van der Waals surface area (Å²) in [5.74, 6) is -1.27. The molecule has 0 bridgehead atoms. The monoisotopic (exact) mass is 478 g/mol. The van der Waals surface area contributed by atoms with Crippen molar-refractivity contribution in [2.24, 2.45) is 0 Å². The van der Waals surface area contributed by atoms with Gasteiger partial charge < -0.3 is 5.32 Å². The highest BCUT2D eigenvalue weighted by Gasteiger charge is 2.40. The number of fused-ring (bicyclic) bond motifs is 1. The summed E-state index contributed by atoms with van der Waals surface area (Å²) in [6.07, 6.45) is 2.03. The maximum atomic E-state index is 12.6. The molecule has 3 amide bonds. The van der Waals surface area contributed by atoms with E-state index in [-0.39, 0.29) is 29.3 Å². The first-order chi connectivity index (χ1) is 16.3. The number of hydrogen-bond acceptors (Lipinski definition) is 7. The maximum Gasteiger partial charge on any atom is 0.282 e. The van der Waals surface area contributed by atoms with E-state index in [0.29, 0.717) is 31.4 Å². The van der Waals surface area contributed by atoms with E-state index in [0.717, 1.165) is 21.2 Å². The Morgan fingerprint density at radius 1 is 1.09 bits per heavy atom. The summed E-state index contributed by atoms with van der Waals surface area (Å²) in [5, 5.41) is 17.0. The van der Waals surface area contributed by atoms with Crippen molar-refractivity contribution in [3.8, 4) is 11.3 Å². The number of thiazole rings is 1. The van der Waals surface area contributed by atoms with Crippen LogP contribution in [-0.4, -0.2) is 39.1 Å². The molecule has 3 aromatic rings. The number of nitro benzene ring substituents is 1. The smallest absolute Gasteiger partial charge is 0.282 e. The van der Waals surface area contributed by atoms with Crippen LogP contribution in [0, 0.1) is 17.0 Å². The van der Waals surface area contributed by atoms with E-state index in [1.165, 1.54) is 18.2 Å². The standard InChI is InChI=1S/C24H22N4O5S/c1-15-25-19(14-34-15)16-9-11-17(12-10-16)26-21(29)8-3-2-4-13-27-23(30)18-6-5-7-20(28(32)33)22(18)24(27)31/h5-7,9-12,14H,2-4,8,13H2,1H3,(H,26,29). The lowest BCUT2D eigenvalue weighted by Crippen LogP contribution is -2.30. The van der Waals surface area contributed by atoms with Gasteiger partial charge in [-0.05, 0) is 38.0 Å². The van der Waals surface area contributed by atoms with Gasteiger partial charge in [-0.3, -0.25) is 29.4 Å². The molecule has 0 fully saturated rings. The van der Waals surface area contributed by atoms with Gasteiger partial charge in [0.1, 0.15) is 5.56 Å². The Kier molecular flexibility index (Phi) is 6.78. The molecular formula is C24H22N4O5S. The number of benzene rings is 2. The largest absolute Gasteiger partial charge is 0.326 e. The van der Waals surface area contributed by atoms with Gasteiger partial charge in [0.25, 0.3) is 17.5 Å². The minimum atomic E-state index is -0.653. The number of nitro groups is 1. The molecule has 2 heterocycles. The van der Waals surface area contributed by atoms with E-state index in [1.54, 1.807) is 11.3 Å². The van der Waals surface area contributed by atoms with Crippen LogP contribution in [0.4, 0.5) is 11.4 Å². The molecule has 174 valence electrons. The van der Waals surface area contributed by atoms with Crippen LogP contribution in [0.1, 0.15) is 51.4 Å². The van der Waals surface area contributed by atoms with Crippen LogP contribution < -0.4 is 5.32 Å². The lowest BCUT2D eigenvalue weighted by atomic mass is 10.1. The summed E-state index contributed by atoms with van der Waals surface area (Å²) in [6.45, 7) is 2.11. The molecule has 0 radical (unpaired) electrons. The first kappa shape index (κ1) is 23.2. The zero-order valence-electron chi connectivity index (χ0n) is 18.4. The van der Waals surface area contributed by atoms with Gasteiger partial charge in [0.15, 0.2) is 0 Å². The number of aromatic nitrogens is 1. The Morgan fingerprint density at radius 2 is 1.85 bits per heavy atom. The Bertz CT molecular complexity index is 1270. The predicted molar refractivity (Wildman–Crippen MR) is 128 cm³/mol. The van der Waals surface area contributed by atoms with Gasteiger partial charge in [0, 0.05) is 35.7 Å². The Morgan fingerprint density at radius 3 is 2.53 bits per heavy atom. The number of rotatable bonds is 9. The summed E-state index contributed by atoms with van der Waals surface area (Å²) in [7, 11) is 0. The number of carbonyl (C=O) groups excluding carboxylic acids is 3. The Balaban J connectivity index is 1.22. The second-order valence-electron chi connectivity index (χ2n) is 7.91. The molecule has 0 atom stereocenters. The van der Waals surface area contributed by atoms with E-state index < -0.39 is 16.7 Å². The first-order valence-electron chi connectivity index (χ1n) is 10.8. The molecular weight excluding hydrogens is 456 g/mol. The molecule has 10 heteroatoms. The fraction of sp³-hybridized carbons (Fsp3) is 0.250. The van der Waals surface area contributed by atoms with Gasteiger partial charge in [-0.25, -0.2) is 4.98 Å². The van der Waals surface area contributed by atoms with Crippen LogP contribution in [-0.2, 0) is 4.79 Å². The van der Waals surface area contributed by atoms with E-state index in [2.05, 4.69) is 10.3 Å². The van der Waals surface area contributed by atoms with Gasteiger partial charge in [-0.2, -0.15) is 0 Å². The normalized spacial score (nSPS) is 12.7. The molecule has 1 aliphatic heterocycles.